The highest BCUT2D eigenvalue weighted by atomic mass is 79.9. The molecule has 0 aliphatic carbocycles. The van der Waals surface area contributed by atoms with Gasteiger partial charge in [0.05, 0.1) is 10.6 Å². The van der Waals surface area contributed by atoms with Crippen molar-refractivity contribution < 1.29 is 8.42 Å². The number of alkyl halides is 1. The first kappa shape index (κ1) is 12.2. The molecular formula is C9H10Br2O2S. The number of rotatable bonds is 4. The minimum atomic E-state index is -3.13. The van der Waals surface area contributed by atoms with Gasteiger partial charge in [0.15, 0.2) is 9.84 Å². The summed E-state index contributed by atoms with van der Waals surface area (Å²) in [5.41, 5.74) is 0. The van der Waals surface area contributed by atoms with E-state index in [0.29, 0.717) is 21.1 Å². The van der Waals surface area contributed by atoms with Crippen LogP contribution >= 0.6 is 31.9 Å². The van der Waals surface area contributed by atoms with Crippen LogP contribution in [-0.2, 0) is 9.84 Å². The van der Waals surface area contributed by atoms with Crippen LogP contribution in [0.1, 0.15) is 6.42 Å². The molecule has 0 unspecified atom stereocenters. The third kappa shape index (κ3) is 3.07. The Hall–Kier alpha value is 0.130. The molecule has 0 saturated carbocycles. The smallest absolute Gasteiger partial charge is 0.179 e. The molecule has 1 aromatic rings. The molecule has 0 amide bonds. The molecule has 0 heterocycles. The Bertz CT molecular complexity index is 401. The number of hydrogen-bond donors (Lipinski definition) is 0. The zero-order valence-corrected chi connectivity index (χ0v) is 11.4. The number of halogens is 2. The van der Waals surface area contributed by atoms with E-state index in [0.717, 1.165) is 0 Å². The van der Waals surface area contributed by atoms with Crippen LogP contribution in [0.15, 0.2) is 33.6 Å². The average molecular weight is 342 g/mol. The number of sulfone groups is 1. The van der Waals surface area contributed by atoms with Crippen molar-refractivity contribution in [2.24, 2.45) is 0 Å². The lowest BCUT2D eigenvalue weighted by Gasteiger charge is -2.04. The normalized spacial score (nSPS) is 11.6. The monoisotopic (exact) mass is 340 g/mol. The van der Waals surface area contributed by atoms with Crippen molar-refractivity contribution in [3.05, 3.63) is 28.7 Å². The van der Waals surface area contributed by atoms with Crippen LogP contribution in [0.5, 0.6) is 0 Å². The summed E-state index contributed by atoms with van der Waals surface area (Å²) in [7, 11) is -3.13. The molecule has 1 rings (SSSR count). The summed E-state index contributed by atoms with van der Waals surface area (Å²) in [6.07, 6.45) is 0.629. The molecule has 0 aliphatic heterocycles. The first-order chi connectivity index (χ1) is 6.58. The predicted octanol–water partition coefficient (Wildman–Crippen LogP) is 3.01. The van der Waals surface area contributed by atoms with E-state index in [4.69, 9.17) is 0 Å². The molecule has 0 saturated heterocycles. The highest BCUT2D eigenvalue weighted by Crippen LogP contribution is 2.22. The van der Waals surface area contributed by atoms with Crippen LogP contribution in [0.3, 0.4) is 0 Å². The standard InChI is InChI=1S/C9H10Br2O2S/c10-6-3-7-14(12,13)9-5-2-1-4-8(9)11/h1-2,4-5H,3,6-7H2. The fourth-order valence-electron chi connectivity index (χ4n) is 1.05. The maximum atomic E-state index is 11.8. The molecule has 0 aromatic heterocycles. The second-order valence-electron chi connectivity index (χ2n) is 2.79. The minimum Gasteiger partial charge on any atom is -0.224 e. The largest absolute Gasteiger partial charge is 0.224 e. The van der Waals surface area contributed by atoms with Crippen LogP contribution in [-0.4, -0.2) is 19.5 Å². The van der Waals surface area contributed by atoms with Crippen molar-refractivity contribution in [1.29, 1.82) is 0 Å². The van der Waals surface area contributed by atoms with Crippen LogP contribution < -0.4 is 0 Å². The summed E-state index contributed by atoms with van der Waals surface area (Å²) in [5, 5.41) is 0.705. The van der Waals surface area contributed by atoms with Gasteiger partial charge in [-0.15, -0.1) is 0 Å². The first-order valence-corrected chi connectivity index (χ1v) is 7.68. The molecule has 0 spiro atoms. The Morgan fingerprint density at radius 2 is 1.86 bits per heavy atom. The number of benzene rings is 1. The van der Waals surface area contributed by atoms with Crippen molar-refractivity contribution in [1.82, 2.24) is 0 Å². The van der Waals surface area contributed by atoms with Gasteiger partial charge in [0, 0.05) is 9.80 Å². The lowest BCUT2D eigenvalue weighted by molar-refractivity contribution is 0.594. The third-order valence-corrected chi connectivity index (χ3v) is 5.09. The molecule has 0 N–H and O–H groups in total. The summed E-state index contributed by atoms with van der Waals surface area (Å²) < 4.78 is 24.2. The van der Waals surface area contributed by atoms with Gasteiger partial charge in [0.2, 0.25) is 0 Å². The van der Waals surface area contributed by atoms with Gasteiger partial charge in [0.1, 0.15) is 0 Å². The molecule has 78 valence electrons. The van der Waals surface area contributed by atoms with E-state index in [2.05, 4.69) is 31.9 Å². The van der Waals surface area contributed by atoms with Crippen LogP contribution in [0.4, 0.5) is 0 Å². The minimum absolute atomic E-state index is 0.181. The fourth-order valence-corrected chi connectivity index (χ4v) is 4.12. The summed E-state index contributed by atoms with van der Waals surface area (Å²) in [6.45, 7) is 0. The molecular weight excluding hydrogens is 332 g/mol. The van der Waals surface area contributed by atoms with Gasteiger partial charge in [-0.05, 0) is 34.5 Å². The van der Waals surface area contributed by atoms with Gasteiger partial charge >= 0.3 is 0 Å². The Morgan fingerprint density at radius 1 is 1.21 bits per heavy atom. The molecule has 0 aliphatic rings. The van der Waals surface area contributed by atoms with E-state index in [1.165, 1.54) is 0 Å². The lowest BCUT2D eigenvalue weighted by atomic mass is 10.4. The Labute approximate surface area is 101 Å². The first-order valence-electron chi connectivity index (χ1n) is 4.11. The molecule has 14 heavy (non-hydrogen) atoms. The van der Waals surface area contributed by atoms with E-state index in [1.54, 1.807) is 24.3 Å². The van der Waals surface area contributed by atoms with Gasteiger partial charge in [-0.25, -0.2) is 8.42 Å². The van der Waals surface area contributed by atoms with E-state index in [9.17, 15) is 8.42 Å². The van der Waals surface area contributed by atoms with Crippen molar-refractivity contribution in [2.45, 2.75) is 11.3 Å². The average Bonchev–Trinajstić information content (AvgIpc) is 2.15. The summed E-state index contributed by atoms with van der Waals surface area (Å²) >= 11 is 6.45. The van der Waals surface area contributed by atoms with Crippen LogP contribution in [0.25, 0.3) is 0 Å². The molecule has 1 aromatic carbocycles. The Balaban J connectivity index is 2.99. The van der Waals surface area contributed by atoms with E-state index < -0.39 is 9.84 Å². The maximum absolute atomic E-state index is 11.8. The highest BCUT2D eigenvalue weighted by Gasteiger charge is 2.16. The molecule has 5 heteroatoms. The zero-order chi connectivity index (χ0) is 10.6. The Kier molecular flexibility index (Phi) is 4.60. The summed E-state index contributed by atoms with van der Waals surface area (Å²) in [4.78, 5) is 0.376. The predicted molar refractivity (Wildman–Crippen MR) is 64.6 cm³/mol. The maximum Gasteiger partial charge on any atom is 0.179 e. The summed E-state index contributed by atoms with van der Waals surface area (Å²) in [6, 6.07) is 6.88. The SMILES string of the molecule is O=S(=O)(CCCBr)c1ccccc1Br. The second kappa shape index (κ2) is 5.28. The van der Waals surface area contributed by atoms with Crippen molar-refractivity contribution in [2.75, 3.05) is 11.1 Å². The molecule has 0 fully saturated rings. The van der Waals surface area contributed by atoms with Crippen molar-refractivity contribution >= 4 is 41.7 Å². The topological polar surface area (TPSA) is 34.1 Å². The molecule has 0 radical (unpaired) electrons. The highest BCUT2D eigenvalue weighted by molar-refractivity contribution is 9.10. The van der Waals surface area contributed by atoms with Gasteiger partial charge in [0.25, 0.3) is 0 Å². The second-order valence-corrected chi connectivity index (χ2v) is 6.52. The Morgan fingerprint density at radius 3 is 2.43 bits per heavy atom. The third-order valence-electron chi connectivity index (χ3n) is 1.72. The van der Waals surface area contributed by atoms with E-state index in [1.807, 2.05) is 0 Å². The van der Waals surface area contributed by atoms with Crippen LogP contribution in [0.2, 0.25) is 0 Å². The molecule has 0 atom stereocenters. The van der Waals surface area contributed by atoms with Gasteiger partial charge in [-0.3, -0.25) is 0 Å². The molecule has 0 bridgehead atoms. The number of hydrogen-bond acceptors (Lipinski definition) is 2. The van der Waals surface area contributed by atoms with Crippen molar-refractivity contribution in [3.63, 3.8) is 0 Å². The lowest BCUT2D eigenvalue weighted by Crippen LogP contribution is -2.07. The van der Waals surface area contributed by atoms with E-state index >= 15 is 0 Å². The zero-order valence-electron chi connectivity index (χ0n) is 7.41. The van der Waals surface area contributed by atoms with Crippen LogP contribution in [0, 0.1) is 0 Å². The van der Waals surface area contributed by atoms with Crippen molar-refractivity contribution in [3.8, 4) is 0 Å². The van der Waals surface area contributed by atoms with Gasteiger partial charge in [-0.2, -0.15) is 0 Å². The van der Waals surface area contributed by atoms with E-state index in [-0.39, 0.29) is 5.75 Å². The van der Waals surface area contributed by atoms with Gasteiger partial charge in [-0.1, -0.05) is 28.1 Å². The summed E-state index contributed by atoms with van der Waals surface area (Å²) in [5.74, 6) is 0.181. The van der Waals surface area contributed by atoms with Gasteiger partial charge < -0.3 is 0 Å². The fraction of sp³-hybridized carbons (Fsp3) is 0.333. The molecule has 2 nitrogen and oxygen atoms in total. The quantitative estimate of drug-likeness (QED) is 0.789.